The molecule has 0 heterocycles. The Morgan fingerprint density at radius 3 is 2.54 bits per heavy atom. The Bertz CT molecular complexity index is 315. The van der Waals surface area contributed by atoms with Crippen molar-refractivity contribution in [2.75, 3.05) is 0 Å². The Balaban J connectivity index is 2.65. The first-order valence-electron chi connectivity index (χ1n) is 4.35. The third-order valence-electron chi connectivity index (χ3n) is 1.77. The Labute approximate surface area is 79.9 Å². The summed E-state index contributed by atoms with van der Waals surface area (Å²) in [6.07, 6.45) is 7.99. The van der Waals surface area contributed by atoms with Crippen molar-refractivity contribution in [2.45, 2.75) is 6.92 Å². The third kappa shape index (κ3) is 3.57. The molecule has 0 heteroatoms. The van der Waals surface area contributed by atoms with Gasteiger partial charge in [-0.05, 0) is 12.5 Å². The van der Waals surface area contributed by atoms with Crippen molar-refractivity contribution in [3.63, 3.8) is 0 Å². The molecular weight excluding hydrogens is 156 g/mol. The smallest absolute Gasteiger partial charge is 0.0257 e. The highest BCUT2D eigenvalue weighted by atomic mass is 13.9. The van der Waals surface area contributed by atoms with Gasteiger partial charge < -0.3 is 0 Å². The second kappa shape index (κ2) is 5.15. The van der Waals surface area contributed by atoms with Crippen molar-refractivity contribution < 1.29 is 0 Å². The first-order valence-corrected chi connectivity index (χ1v) is 4.35. The largest absolute Gasteiger partial charge is 0.0988 e. The van der Waals surface area contributed by atoms with Gasteiger partial charge in [0.25, 0.3) is 0 Å². The van der Waals surface area contributed by atoms with Gasteiger partial charge in [-0.1, -0.05) is 66.8 Å². The van der Waals surface area contributed by atoms with Gasteiger partial charge in [-0.25, -0.2) is 0 Å². The molecule has 0 nitrogen and oxygen atoms in total. The van der Waals surface area contributed by atoms with E-state index in [1.807, 2.05) is 43.4 Å². The zero-order chi connectivity index (χ0) is 9.52. The molecule has 66 valence electrons. The zero-order valence-corrected chi connectivity index (χ0v) is 7.90. The number of allylic oxidation sites excluding steroid dienone is 4. The summed E-state index contributed by atoms with van der Waals surface area (Å²) >= 11 is 0. The first-order chi connectivity index (χ1) is 6.33. The highest BCUT2D eigenvalue weighted by Gasteiger charge is 1.80. The van der Waals surface area contributed by atoms with Crippen molar-refractivity contribution in [1.29, 1.82) is 0 Å². The lowest BCUT2D eigenvalue weighted by Crippen LogP contribution is -1.67. The number of hydrogen-bond donors (Lipinski definition) is 0. The molecule has 0 N–H and O–H groups in total. The Kier molecular flexibility index (Phi) is 3.77. The average Bonchev–Trinajstić information content (AvgIpc) is 2.19. The topological polar surface area (TPSA) is 0 Å². The van der Waals surface area contributed by atoms with Gasteiger partial charge >= 0.3 is 0 Å². The van der Waals surface area contributed by atoms with Crippen LogP contribution in [0.15, 0.2) is 60.7 Å². The maximum atomic E-state index is 3.68. The maximum Gasteiger partial charge on any atom is -0.0257 e. The van der Waals surface area contributed by atoms with E-state index in [0.29, 0.717) is 0 Å². The summed E-state index contributed by atoms with van der Waals surface area (Å²) in [5, 5.41) is 0. The molecule has 0 atom stereocenters. The molecule has 0 spiro atoms. The standard InChI is InChI=1S/C13H14/c1-3-12(2)8-7-11-13-9-5-4-6-10-13/h3-11H,1H2,2H3/b11-7+,12-8+. The van der Waals surface area contributed by atoms with Crippen molar-refractivity contribution in [3.05, 3.63) is 66.3 Å². The predicted molar refractivity (Wildman–Crippen MR) is 59.4 cm³/mol. The molecule has 13 heavy (non-hydrogen) atoms. The summed E-state index contributed by atoms with van der Waals surface area (Å²) in [4.78, 5) is 0. The SMILES string of the molecule is C=C/C(C)=C/C=C/c1ccccc1. The number of hydrogen-bond acceptors (Lipinski definition) is 0. The van der Waals surface area contributed by atoms with Gasteiger partial charge in [-0.15, -0.1) is 0 Å². The van der Waals surface area contributed by atoms with Crippen LogP contribution in [0.3, 0.4) is 0 Å². The lowest BCUT2D eigenvalue weighted by Gasteiger charge is -1.89. The molecule has 0 saturated heterocycles. The van der Waals surface area contributed by atoms with Crippen LogP contribution in [0.5, 0.6) is 0 Å². The van der Waals surface area contributed by atoms with Crippen LogP contribution in [0.1, 0.15) is 12.5 Å². The predicted octanol–water partition coefficient (Wildman–Crippen LogP) is 3.83. The van der Waals surface area contributed by atoms with Crippen LogP contribution < -0.4 is 0 Å². The summed E-state index contributed by atoms with van der Waals surface area (Å²) < 4.78 is 0. The minimum absolute atomic E-state index is 1.17. The summed E-state index contributed by atoms with van der Waals surface area (Å²) in [7, 11) is 0. The lowest BCUT2D eigenvalue weighted by molar-refractivity contribution is 1.54. The maximum absolute atomic E-state index is 3.68. The van der Waals surface area contributed by atoms with Gasteiger partial charge in [0, 0.05) is 0 Å². The summed E-state index contributed by atoms with van der Waals surface area (Å²) in [5.41, 5.74) is 2.39. The van der Waals surface area contributed by atoms with Crippen molar-refractivity contribution >= 4 is 6.08 Å². The monoisotopic (exact) mass is 170 g/mol. The van der Waals surface area contributed by atoms with Gasteiger partial charge in [0.2, 0.25) is 0 Å². The molecule has 1 aromatic carbocycles. The van der Waals surface area contributed by atoms with E-state index in [1.54, 1.807) is 0 Å². The van der Waals surface area contributed by atoms with E-state index < -0.39 is 0 Å². The Morgan fingerprint density at radius 1 is 1.23 bits per heavy atom. The molecule has 0 aliphatic rings. The molecule has 0 saturated carbocycles. The molecule has 1 aromatic rings. The van der Waals surface area contributed by atoms with Crippen LogP contribution in [-0.2, 0) is 0 Å². The van der Waals surface area contributed by atoms with Crippen molar-refractivity contribution in [3.8, 4) is 0 Å². The molecule has 0 bridgehead atoms. The van der Waals surface area contributed by atoms with Gasteiger partial charge in [-0.3, -0.25) is 0 Å². The Morgan fingerprint density at radius 2 is 1.92 bits per heavy atom. The second-order valence-electron chi connectivity index (χ2n) is 2.88. The highest BCUT2D eigenvalue weighted by Crippen LogP contribution is 2.02. The molecule has 0 amide bonds. The van der Waals surface area contributed by atoms with Crippen LogP contribution in [0, 0.1) is 0 Å². The fourth-order valence-corrected chi connectivity index (χ4v) is 0.943. The van der Waals surface area contributed by atoms with E-state index in [0.717, 1.165) is 0 Å². The number of rotatable bonds is 3. The number of benzene rings is 1. The highest BCUT2D eigenvalue weighted by molar-refractivity contribution is 5.51. The first kappa shape index (κ1) is 9.53. The van der Waals surface area contributed by atoms with Gasteiger partial charge in [0.15, 0.2) is 0 Å². The lowest BCUT2D eigenvalue weighted by atomic mass is 10.2. The molecule has 0 unspecified atom stereocenters. The van der Waals surface area contributed by atoms with Gasteiger partial charge in [0.1, 0.15) is 0 Å². The normalized spacial score (nSPS) is 11.9. The minimum atomic E-state index is 1.17. The van der Waals surface area contributed by atoms with Crippen LogP contribution in [-0.4, -0.2) is 0 Å². The summed E-state index contributed by atoms with van der Waals surface area (Å²) in [5.74, 6) is 0. The summed E-state index contributed by atoms with van der Waals surface area (Å²) in [6.45, 7) is 5.71. The zero-order valence-electron chi connectivity index (χ0n) is 7.90. The molecule has 0 aliphatic carbocycles. The summed E-state index contributed by atoms with van der Waals surface area (Å²) in [6, 6.07) is 10.2. The molecule has 0 aliphatic heterocycles. The molecule has 0 radical (unpaired) electrons. The van der Waals surface area contributed by atoms with Crippen LogP contribution in [0.25, 0.3) is 6.08 Å². The molecule has 0 fully saturated rings. The second-order valence-corrected chi connectivity index (χ2v) is 2.88. The Hall–Kier alpha value is -1.56. The van der Waals surface area contributed by atoms with Crippen molar-refractivity contribution in [2.24, 2.45) is 0 Å². The molecule has 1 rings (SSSR count). The van der Waals surface area contributed by atoms with Crippen LogP contribution in [0.2, 0.25) is 0 Å². The fraction of sp³-hybridized carbons (Fsp3) is 0.0769. The van der Waals surface area contributed by atoms with Crippen molar-refractivity contribution in [1.82, 2.24) is 0 Å². The van der Waals surface area contributed by atoms with Gasteiger partial charge in [0.05, 0.1) is 0 Å². The van der Waals surface area contributed by atoms with E-state index >= 15 is 0 Å². The minimum Gasteiger partial charge on any atom is -0.0988 e. The molecule has 0 aromatic heterocycles. The van der Waals surface area contributed by atoms with E-state index in [4.69, 9.17) is 0 Å². The average molecular weight is 170 g/mol. The van der Waals surface area contributed by atoms with E-state index in [-0.39, 0.29) is 0 Å². The third-order valence-corrected chi connectivity index (χ3v) is 1.77. The van der Waals surface area contributed by atoms with Crippen LogP contribution >= 0.6 is 0 Å². The quantitative estimate of drug-likeness (QED) is 0.605. The van der Waals surface area contributed by atoms with E-state index in [1.165, 1.54) is 11.1 Å². The van der Waals surface area contributed by atoms with E-state index in [9.17, 15) is 0 Å². The molecular formula is C13H14. The van der Waals surface area contributed by atoms with E-state index in [2.05, 4.69) is 24.8 Å². The van der Waals surface area contributed by atoms with Crippen LogP contribution in [0.4, 0.5) is 0 Å². The fourth-order valence-electron chi connectivity index (χ4n) is 0.943. The van der Waals surface area contributed by atoms with Gasteiger partial charge in [-0.2, -0.15) is 0 Å².